The third-order valence-electron chi connectivity index (χ3n) is 18.9. The van der Waals surface area contributed by atoms with Crippen molar-refractivity contribution < 1.29 is 101 Å². The molecule has 21 nitrogen and oxygen atoms in total. The number of hydrogen-bond acceptors (Lipinski definition) is 21. The number of aliphatic hydroxyl groups is 3. The first-order valence-corrected chi connectivity index (χ1v) is 29.3. The Labute approximate surface area is 477 Å². The van der Waals surface area contributed by atoms with Crippen molar-refractivity contribution in [2.24, 2.45) is 100 Å². The van der Waals surface area contributed by atoms with Gasteiger partial charge < -0.3 is 58.0 Å². The van der Waals surface area contributed by atoms with Crippen LogP contribution in [-0.4, -0.2) is 145 Å². The van der Waals surface area contributed by atoms with Gasteiger partial charge in [-0.05, 0) is 87.9 Å². The summed E-state index contributed by atoms with van der Waals surface area (Å²) in [6, 6.07) is 0. The van der Waals surface area contributed by atoms with Crippen molar-refractivity contribution in [2.75, 3.05) is 59.5 Å². The van der Waals surface area contributed by atoms with Gasteiger partial charge in [0.1, 0.15) is 12.2 Å². The number of carbonyl (C=O) groups excluding carboxylic acids is 9. The van der Waals surface area contributed by atoms with E-state index in [1.165, 1.54) is 26.2 Å². The van der Waals surface area contributed by atoms with Crippen molar-refractivity contribution >= 4 is 53.7 Å². The van der Waals surface area contributed by atoms with Gasteiger partial charge in [-0.25, -0.2) is 4.79 Å². The van der Waals surface area contributed by atoms with Gasteiger partial charge >= 0.3 is 53.7 Å². The molecular weight excluding hydrogens is 1060 g/mol. The second kappa shape index (κ2) is 28.1. The van der Waals surface area contributed by atoms with Gasteiger partial charge in [0.25, 0.3) is 0 Å². The van der Waals surface area contributed by atoms with E-state index in [0.717, 1.165) is 42.6 Å². The van der Waals surface area contributed by atoms with Crippen LogP contribution in [0.15, 0.2) is 0 Å². The van der Waals surface area contributed by atoms with Crippen molar-refractivity contribution in [2.45, 2.75) is 165 Å². The highest BCUT2D eigenvalue weighted by atomic mass is 16.6. The first kappa shape index (κ1) is 66.9. The quantitative estimate of drug-likeness (QED) is 0.192. The zero-order valence-corrected chi connectivity index (χ0v) is 50.2. The van der Waals surface area contributed by atoms with Gasteiger partial charge in [-0.2, -0.15) is 0 Å². The second-order valence-corrected chi connectivity index (χ2v) is 26.5. The largest absolute Gasteiger partial charge is 0.465 e. The van der Waals surface area contributed by atoms with Crippen LogP contribution in [0.2, 0.25) is 0 Å². The Morgan fingerprint density at radius 1 is 0.444 bits per heavy atom. The summed E-state index contributed by atoms with van der Waals surface area (Å²) in [4.78, 5) is 95.9. The Morgan fingerprint density at radius 3 is 1.36 bits per heavy atom. The molecule has 21 heteroatoms. The van der Waals surface area contributed by atoms with E-state index in [2.05, 4.69) is 44.5 Å². The minimum absolute atomic E-state index is 0.0417. The molecule has 19 unspecified atom stereocenters. The number of cyclic esters (lactones) is 9. The van der Waals surface area contributed by atoms with Gasteiger partial charge in [-0.1, -0.05) is 69.2 Å². The normalized spacial score (nSPS) is 41.6. The second-order valence-electron chi connectivity index (χ2n) is 26.5. The molecule has 460 valence electrons. The molecule has 0 spiro atoms. The number of ether oxygens (including phenoxy) is 9. The molecule has 9 aliphatic heterocycles. The summed E-state index contributed by atoms with van der Waals surface area (Å²) in [5.41, 5.74) is -2.89. The smallest absolute Gasteiger partial charge is 0.337 e. The van der Waals surface area contributed by atoms with E-state index < -0.39 is 22.8 Å². The monoisotopic (exact) mass is 1150 g/mol. The highest BCUT2D eigenvalue weighted by molar-refractivity contribution is 5.80. The zero-order valence-electron chi connectivity index (χ0n) is 50.2. The molecule has 0 radical (unpaired) electrons. The van der Waals surface area contributed by atoms with Crippen LogP contribution >= 0.6 is 0 Å². The van der Waals surface area contributed by atoms with Crippen LogP contribution < -0.4 is 0 Å². The van der Waals surface area contributed by atoms with Crippen molar-refractivity contribution in [3.8, 4) is 0 Å². The zero-order chi connectivity index (χ0) is 60.5. The molecule has 81 heavy (non-hydrogen) atoms. The van der Waals surface area contributed by atoms with Crippen LogP contribution in [0.5, 0.6) is 0 Å². The average molecular weight is 1150 g/mol. The Kier molecular flexibility index (Phi) is 23.2. The maximum Gasteiger partial charge on any atom is 0.337 e. The van der Waals surface area contributed by atoms with Gasteiger partial charge in [-0.3, -0.25) is 38.4 Å². The number of fused-ring (bicyclic) bond motifs is 10. The summed E-state index contributed by atoms with van der Waals surface area (Å²) >= 11 is 0. The lowest BCUT2D eigenvalue weighted by Crippen LogP contribution is -2.35. The molecule has 0 aromatic carbocycles. The lowest BCUT2D eigenvalue weighted by Gasteiger charge is -2.31. The van der Waals surface area contributed by atoms with E-state index >= 15 is 0 Å². The van der Waals surface area contributed by atoms with Crippen LogP contribution in [0.4, 0.5) is 0 Å². The fourth-order valence-corrected chi connectivity index (χ4v) is 12.6. The molecule has 4 bridgehead atoms. The molecule has 0 amide bonds. The lowest BCUT2D eigenvalue weighted by atomic mass is 9.71. The summed E-state index contributed by atoms with van der Waals surface area (Å²) in [5.74, 6) is 7.09. The molecule has 9 heterocycles. The van der Waals surface area contributed by atoms with Crippen LogP contribution in [0.3, 0.4) is 0 Å². The minimum Gasteiger partial charge on any atom is -0.465 e. The van der Waals surface area contributed by atoms with E-state index in [4.69, 9.17) is 29.2 Å². The van der Waals surface area contributed by atoms with Gasteiger partial charge in [0.15, 0.2) is 5.60 Å². The summed E-state index contributed by atoms with van der Waals surface area (Å²) in [6.07, 6.45) is 6.60. The Bertz CT molecular complexity index is 2240. The predicted molar refractivity (Wildman–Crippen MR) is 287 cm³/mol. The van der Waals surface area contributed by atoms with Crippen molar-refractivity contribution in [3.63, 3.8) is 0 Å². The first-order valence-electron chi connectivity index (χ1n) is 29.3. The molecule has 3 N–H and O–H groups in total. The standard InChI is InChI=1S/C11H16O2.C10H14O2.C7H12O2.C6H10O3.C6H10O2.2C5H8O3.2C5H8O2/c1-5-6(2)8-3-7(5)9-4-13-11(12)10(8)9;1-5-2-6-3-7(5)8-4-12-10(11)9(6)8;1-5-6(8)9-4-7(5,2)3;1-6(8)2-3-9-5(7)4-6;1-4-3-8-6(7)5(4)2;1-5(7)2-4(6)8-3-5;1-5(7)2-3-8-4(5)6;1-4-2-5(6)7-3-4;1-4-2-3-7-5(4)6/h5-10H,3-4H2,1-2H3;5-9H,2-4H2,1H3;5H,4H2,1-3H3;8H,2-4H2,1H3;4-5H,3H2,1-2H3;2*7H,2-3H2,1H3;2*4H,2-3H2,1H3. The number of rotatable bonds is 0. The third-order valence-corrected chi connectivity index (χ3v) is 18.9. The van der Waals surface area contributed by atoms with Gasteiger partial charge in [0.05, 0.1) is 107 Å². The Hall–Kier alpha value is -4.89. The lowest BCUT2D eigenvalue weighted by molar-refractivity contribution is -0.158. The van der Waals surface area contributed by atoms with E-state index in [1.807, 2.05) is 48.5 Å². The van der Waals surface area contributed by atoms with Gasteiger partial charge in [0, 0.05) is 41.9 Å². The molecular formula is C60H94O21. The van der Waals surface area contributed by atoms with Crippen LogP contribution in [0, 0.1) is 100 Å². The van der Waals surface area contributed by atoms with Gasteiger partial charge in [-0.15, -0.1) is 0 Å². The van der Waals surface area contributed by atoms with Crippen molar-refractivity contribution in [1.29, 1.82) is 0 Å². The molecule has 13 fully saturated rings. The van der Waals surface area contributed by atoms with Crippen LogP contribution in [0.1, 0.15) is 148 Å². The van der Waals surface area contributed by atoms with E-state index in [1.54, 1.807) is 13.8 Å². The van der Waals surface area contributed by atoms with Crippen LogP contribution in [-0.2, 0) is 85.8 Å². The summed E-state index contributed by atoms with van der Waals surface area (Å²) in [5, 5.41) is 27.3. The van der Waals surface area contributed by atoms with E-state index in [-0.39, 0.29) is 96.3 Å². The fourth-order valence-electron chi connectivity index (χ4n) is 12.6. The Balaban J connectivity index is 0.000000169. The van der Waals surface area contributed by atoms with E-state index in [0.29, 0.717) is 107 Å². The molecule has 0 aromatic heterocycles. The summed E-state index contributed by atoms with van der Waals surface area (Å²) < 4.78 is 42.7. The fraction of sp³-hybridized carbons (Fsp3) is 0.850. The molecule has 4 saturated carbocycles. The molecule has 13 rings (SSSR count). The maximum absolute atomic E-state index is 11.5. The first-order chi connectivity index (χ1) is 37.6. The minimum atomic E-state index is -1.21. The van der Waals surface area contributed by atoms with Crippen molar-refractivity contribution in [3.05, 3.63) is 0 Å². The predicted octanol–water partition coefficient (Wildman–Crippen LogP) is 5.75. The van der Waals surface area contributed by atoms with Gasteiger partial charge in [0.2, 0.25) is 0 Å². The third kappa shape index (κ3) is 18.1. The average Bonchev–Trinajstić information content (AvgIpc) is 4.32. The topological polar surface area (TPSA) is 297 Å². The molecule has 4 aliphatic carbocycles. The molecule has 9 saturated heterocycles. The molecule has 0 aromatic rings. The van der Waals surface area contributed by atoms with E-state index in [9.17, 15) is 48.3 Å². The highest BCUT2D eigenvalue weighted by Crippen LogP contribution is 2.60. The number of esters is 9. The number of hydrogen-bond donors (Lipinski definition) is 3. The summed E-state index contributed by atoms with van der Waals surface area (Å²) in [7, 11) is 0. The SMILES string of the molecule is CC1(O)CCOC(=O)C1.CC1(O)CCOC1=O.CC1(O)COC(=O)C1.CC1C(=O)OCC1(C)C.CC1C(C)C2CC1C1COC(=O)C21.CC1CC2CC1C1COC(=O)C21.CC1CCOC1=O.CC1COC(=O)C1.CC1COC(=O)C1C. The number of carbonyl (C=O) groups is 9. The van der Waals surface area contributed by atoms with Crippen LogP contribution in [0.25, 0.3) is 0 Å². The Morgan fingerprint density at radius 2 is 1.02 bits per heavy atom. The highest BCUT2D eigenvalue weighted by Gasteiger charge is 2.61. The maximum atomic E-state index is 11.5. The summed E-state index contributed by atoms with van der Waals surface area (Å²) in [6.45, 7) is 30.2. The molecule has 13 aliphatic rings. The van der Waals surface area contributed by atoms with Crippen molar-refractivity contribution in [1.82, 2.24) is 0 Å². The molecule has 19 atom stereocenters.